The molecule has 35 nitrogen and oxygen atoms in total. The second-order valence-corrected chi connectivity index (χ2v) is 28.1. The SMILES string of the molecule is CCCCCCCC1CC(=O)NC(C(C)C)C(=O)NC(C(O)C(C)C)C(=O)NC(CCO)C(=O)NC(C(O)C(C)C)C(=O)NC(CCC(N)=O)C(=O)N(C)C(C(C)CC)C(=O)NC(C(O)C(N)=O)C(=O)NC(C(C)O)C(=O)N2CC(O)CC2C(=O)NC(CC(C)C)C(=O)NC(C(C)O)C(=O)N1. The number of nitrogens with zero attached hydrogens (tertiary/aromatic N) is 2. The standard InChI is InChI=1S/C66H116N14O21/c1-15-17-18-19-20-21-37-27-44(86)73-45(31(5)6)59(94)77-49(53(88)33(9)10)61(96)70-39(24-25-81)56(91)76-48(52(87)32(7)8)62(97)71-40(22-23-43(67)85)65(100)79(14)51(34(11)16-2)64(99)78-50(54(89)55(68)90)63(98)75-47(36(13)83)66(101)80-29-38(84)28-42(80)58(93)72-41(26-30(3)4)57(92)74-46(35(12)82)60(95)69-37/h30-42,45-54,81-84,87-89H,15-29H2,1-14H3,(H2,67,85)(H2,68,90)(H,69,95)(H,70,96)(H,71,97)(H,72,93)(H,73,86)(H,74,92)(H,75,98)(H,76,91)(H,77,94)(H,78,99). The molecule has 0 radical (unpaired) electrons. The first-order valence-corrected chi connectivity index (χ1v) is 34.9. The number of unbranched alkanes of at least 4 members (excludes halogenated alkanes) is 4. The Bertz CT molecular complexity index is 2830. The van der Waals surface area contributed by atoms with Gasteiger partial charge in [-0.25, -0.2) is 0 Å². The molecule has 0 aromatic rings. The largest absolute Gasteiger partial charge is 0.396 e. The van der Waals surface area contributed by atoms with Crippen molar-refractivity contribution in [1.29, 1.82) is 0 Å². The Balaban J connectivity index is 3.05. The van der Waals surface area contributed by atoms with Gasteiger partial charge in [0.2, 0.25) is 82.7 Å². The van der Waals surface area contributed by atoms with Crippen molar-refractivity contribution in [2.45, 2.75) is 283 Å². The van der Waals surface area contributed by atoms with Crippen LogP contribution in [0, 0.1) is 29.6 Å². The Labute approximate surface area is 590 Å². The Morgan fingerprint density at radius 2 is 0.990 bits per heavy atom. The molecule has 19 unspecified atom stereocenters. The quantitative estimate of drug-likeness (QED) is 0.0401. The Kier molecular flexibility index (Phi) is 37.8. The van der Waals surface area contributed by atoms with Crippen LogP contribution in [0.4, 0.5) is 0 Å². The summed E-state index contributed by atoms with van der Waals surface area (Å²) < 4.78 is 0. The number of hydrogen-bond donors (Lipinski definition) is 19. The molecule has 0 saturated carbocycles. The maximum Gasteiger partial charge on any atom is 0.248 e. The van der Waals surface area contributed by atoms with Gasteiger partial charge in [0.25, 0.3) is 0 Å². The van der Waals surface area contributed by atoms with Crippen molar-refractivity contribution in [2.24, 2.45) is 41.1 Å². The van der Waals surface area contributed by atoms with Gasteiger partial charge in [-0.3, -0.25) is 67.1 Å². The zero-order valence-corrected chi connectivity index (χ0v) is 60.8. The number of rotatable bonds is 24. The van der Waals surface area contributed by atoms with Crippen molar-refractivity contribution in [3.8, 4) is 0 Å². The highest BCUT2D eigenvalue weighted by atomic mass is 16.3. The summed E-state index contributed by atoms with van der Waals surface area (Å²) in [5.74, 6) is -20.0. The fourth-order valence-electron chi connectivity index (χ4n) is 11.7. The second-order valence-electron chi connectivity index (χ2n) is 28.1. The zero-order chi connectivity index (χ0) is 77.2. The zero-order valence-electron chi connectivity index (χ0n) is 60.8. The van der Waals surface area contributed by atoms with Gasteiger partial charge in [-0.05, 0) is 69.1 Å². The van der Waals surface area contributed by atoms with Crippen LogP contribution in [0.2, 0.25) is 0 Å². The number of aliphatic hydroxyl groups is 7. The molecule has 0 spiro atoms. The fraction of sp³-hybridized carbons (Fsp3) is 0.788. The molecule has 2 heterocycles. The molecule has 2 aliphatic heterocycles. The number of nitrogens with one attached hydrogen (secondary N) is 10. The third-order valence-corrected chi connectivity index (χ3v) is 18.0. The average molecular weight is 1440 g/mol. The van der Waals surface area contributed by atoms with Gasteiger partial charge in [0, 0.05) is 45.5 Å². The third kappa shape index (κ3) is 27.5. The second kappa shape index (κ2) is 42.7. The number of fused-ring (bicyclic) bond motifs is 1. The number of amides is 14. The van der Waals surface area contributed by atoms with E-state index in [9.17, 15) is 103 Å². The molecule has 35 heteroatoms. The van der Waals surface area contributed by atoms with E-state index in [0.717, 1.165) is 43.0 Å². The summed E-state index contributed by atoms with van der Waals surface area (Å²) >= 11 is 0. The minimum atomic E-state index is -2.62. The van der Waals surface area contributed by atoms with Gasteiger partial charge < -0.3 is 110 Å². The molecule has 14 amide bonds. The summed E-state index contributed by atoms with van der Waals surface area (Å²) in [5, 5.41) is 102. The lowest BCUT2D eigenvalue weighted by Gasteiger charge is -2.36. The van der Waals surface area contributed by atoms with Crippen LogP contribution in [0.5, 0.6) is 0 Å². The molecule has 0 aromatic heterocycles. The van der Waals surface area contributed by atoms with Gasteiger partial charge in [-0.2, -0.15) is 0 Å². The summed E-state index contributed by atoms with van der Waals surface area (Å²) in [6, 6.07) is -21.2. The summed E-state index contributed by atoms with van der Waals surface area (Å²) in [6.45, 7) is 18.3. The van der Waals surface area contributed by atoms with E-state index in [0.29, 0.717) is 12.8 Å². The molecule has 101 heavy (non-hydrogen) atoms. The molecule has 576 valence electrons. The number of carbonyl (C=O) groups is 14. The fourth-order valence-corrected chi connectivity index (χ4v) is 11.7. The van der Waals surface area contributed by atoms with Gasteiger partial charge >= 0.3 is 0 Å². The Hall–Kier alpha value is -7.70. The maximum absolute atomic E-state index is 14.8. The molecule has 0 aromatic carbocycles. The summed E-state index contributed by atoms with van der Waals surface area (Å²) in [4.78, 5) is 200. The van der Waals surface area contributed by atoms with Crippen LogP contribution in [0.1, 0.15) is 173 Å². The van der Waals surface area contributed by atoms with E-state index in [4.69, 9.17) is 11.5 Å². The van der Waals surface area contributed by atoms with Gasteiger partial charge in [-0.1, -0.05) is 115 Å². The van der Waals surface area contributed by atoms with Crippen molar-refractivity contribution in [2.75, 3.05) is 20.2 Å². The number of likely N-dealkylation sites (N-methyl/N-ethyl adjacent to an activating group) is 1. The van der Waals surface area contributed by atoms with Crippen LogP contribution in [0.15, 0.2) is 0 Å². The van der Waals surface area contributed by atoms with Gasteiger partial charge in [-0.15, -0.1) is 0 Å². The summed E-state index contributed by atoms with van der Waals surface area (Å²) in [5.41, 5.74) is 11.0. The molecule has 2 rings (SSSR count). The average Bonchev–Trinajstić information content (AvgIpc) is 1.79. The lowest BCUT2D eigenvalue weighted by molar-refractivity contribution is -0.148. The van der Waals surface area contributed by atoms with Gasteiger partial charge in [0.05, 0.1) is 30.5 Å². The van der Waals surface area contributed by atoms with Crippen LogP contribution in [0.3, 0.4) is 0 Å². The van der Waals surface area contributed by atoms with Crippen LogP contribution in [-0.2, 0) is 67.1 Å². The first kappa shape index (κ1) is 89.4. The molecule has 2 saturated heterocycles. The normalized spacial score (nSPS) is 28.2. The monoisotopic (exact) mass is 1440 g/mol. The van der Waals surface area contributed by atoms with E-state index >= 15 is 0 Å². The van der Waals surface area contributed by atoms with Crippen molar-refractivity contribution < 1.29 is 103 Å². The van der Waals surface area contributed by atoms with Gasteiger partial charge in [0.15, 0.2) is 6.10 Å². The predicted octanol–water partition coefficient (Wildman–Crippen LogP) is -5.57. The molecular weight excluding hydrogens is 1320 g/mol. The Morgan fingerprint density at radius 1 is 0.515 bits per heavy atom. The van der Waals surface area contributed by atoms with Crippen LogP contribution in [0.25, 0.3) is 0 Å². The third-order valence-electron chi connectivity index (χ3n) is 18.0. The van der Waals surface area contributed by atoms with Crippen molar-refractivity contribution in [3.63, 3.8) is 0 Å². The summed E-state index contributed by atoms with van der Waals surface area (Å²) in [6.07, 6.45) is -10.0. The van der Waals surface area contributed by atoms with E-state index in [2.05, 4.69) is 53.2 Å². The number of carbonyl (C=O) groups excluding carboxylic acids is 14. The van der Waals surface area contributed by atoms with Crippen LogP contribution >= 0.6 is 0 Å². The minimum Gasteiger partial charge on any atom is -0.396 e. The van der Waals surface area contributed by atoms with Gasteiger partial charge in [0.1, 0.15) is 66.5 Å². The van der Waals surface area contributed by atoms with E-state index in [1.807, 2.05) is 6.92 Å². The smallest absolute Gasteiger partial charge is 0.248 e. The first-order valence-electron chi connectivity index (χ1n) is 34.9. The van der Waals surface area contributed by atoms with E-state index in [-0.39, 0.29) is 25.2 Å². The summed E-state index contributed by atoms with van der Waals surface area (Å²) in [7, 11) is 1.07. The van der Waals surface area contributed by atoms with E-state index < -0.39 is 261 Å². The minimum absolute atomic E-state index is 0.0704. The number of hydrogen-bond acceptors (Lipinski definition) is 21. The van der Waals surface area contributed by atoms with Crippen molar-refractivity contribution in [3.05, 3.63) is 0 Å². The van der Waals surface area contributed by atoms with Crippen molar-refractivity contribution in [1.82, 2.24) is 63.0 Å². The van der Waals surface area contributed by atoms with Crippen molar-refractivity contribution >= 4 is 82.7 Å². The highest BCUT2D eigenvalue weighted by molar-refractivity contribution is 6.01. The highest BCUT2D eigenvalue weighted by Crippen LogP contribution is 2.23. The maximum atomic E-state index is 14.8. The lowest BCUT2D eigenvalue weighted by atomic mass is 9.94. The number of aliphatic hydroxyl groups excluding tert-OH is 7. The molecule has 0 bridgehead atoms. The van der Waals surface area contributed by atoms with Crippen LogP contribution in [-0.4, -0.2) is 258 Å². The number of nitrogens with two attached hydrogens (primary N) is 2. The van der Waals surface area contributed by atoms with E-state index in [1.165, 1.54) is 41.5 Å². The Morgan fingerprint density at radius 3 is 1.49 bits per heavy atom. The molecule has 19 atom stereocenters. The molecular formula is C66H116N14O21. The van der Waals surface area contributed by atoms with Crippen LogP contribution < -0.4 is 64.6 Å². The predicted molar refractivity (Wildman–Crippen MR) is 364 cm³/mol. The molecule has 2 aliphatic rings. The molecule has 21 N–H and O–H groups in total. The van der Waals surface area contributed by atoms with E-state index in [1.54, 1.807) is 34.6 Å². The molecule has 0 aliphatic carbocycles. The first-order chi connectivity index (χ1) is 47.1. The molecule has 2 fully saturated rings. The number of primary amides is 2. The topological polar surface area (TPSA) is 559 Å². The lowest BCUT2D eigenvalue weighted by Crippen LogP contribution is -2.65. The highest BCUT2D eigenvalue weighted by Gasteiger charge is 2.47.